The molecule has 0 radical (unpaired) electrons. The Kier molecular flexibility index (Phi) is 6.58. The summed E-state index contributed by atoms with van der Waals surface area (Å²) in [6.07, 6.45) is 1.76. The number of aromatic nitrogens is 2. The van der Waals surface area contributed by atoms with Crippen LogP contribution in [0.5, 0.6) is 5.75 Å². The minimum Gasteiger partial charge on any atom is -0.497 e. The van der Waals surface area contributed by atoms with E-state index >= 15 is 0 Å². The molecule has 0 bridgehead atoms. The zero-order valence-corrected chi connectivity index (χ0v) is 13.4. The highest BCUT2D eigenvalue weighted by Gasteiger charge is 2.09. The van der Waals surface area contributed by atoms with Gasteiger partial charge in [-0.3, -0.25) is 4.79 Å². The second kappa shape index (κ2) is 8.92. The van der Waals surface area contributed by atoms with Gasteiger partial charge in [0.25, 0.3) is 5.91 Å². The first kappa shape index (κ1) is 17.0. The van der Waals surface area contributed by atoms with Gasteiger partial charge in [0.15, 0.2) is 5.69 Å². The largest absolute Gasteiger partial charge is 0.497 e. The van der Waals surface area contributed by atoms with E-state index in [9.17, 15) is 4.79 Å². The Morgan fingerprint density at radius 1 is 1.13 bits per heavy atom. The van der Waals surface area contributed by atoms with E-state index in [-0.39, 0.29) is 5.91 Å². The van der Waals surface area contributed by atoms with Gasteiger partial charge in [0.1, 0.15) is 5.75 Å². The number of amides is 1. The van der Waals surface area contributed by atoms with Gasteiger partial charge in [-0.25, -0.2) is 4.68 Å². The number of hydrogen-bond donors (Lipinski definition) is 2. The summed E-state index contributed by atoms with van der Waals surface area (Å²) in [6.45, 7) is 2.64. The van der Waals surface area contributed by atoms with Crippen LogP contribution < -0.4 is 15.4 Å². The van der Waals surface area contributed by atoms with Crippen LogP contribution in [0.2, 0.25) is 0 Å². The second-order valence-electron chi connectivity index (χ2n) is 4.84. The average Bonchev–Trinajstić information content (AvgIpc) is 3.08. The summed E-state index contributed by atoms with van der Waals surface area (Å²) in [5, 5.41) is 10.3. The van der Waals surface area contributed by atoms with Gasteiger partial charge in [-0.1, -0.05) is 0 Å². The van der Waals surface area contributed by atoms with Gasteiger partial charge in [0.05, 0.1) is 19.4 Å². The SMILES string of the molecule is COCCNCCNC(=O)c1ccn(-c2ccc(OC)cc2)n1. The van der Waals surface area contributed by atoms with Crippen LogP contribution in [-0.4, -0.2) is 56.1 Å². The molecule has 1 amide bonds. The van der Waals surface area contributed by atoms with Crippen molar-refractivity contribution in [2.24, 2.45) is 0 Å². The van der Waals surface area contributed by atoms with Gasteiger partial charge in [0, 0.05) is 32.9 Å². The molecule has 0 atom stereocenters. The number of rotatable bonds is 9. The molecule has 0 spiro atoms. The smallest absolute Gasteiger partial charge is 0.271 e. The van der Waals surface area contributed by atoms with Crippen LogP contribution in [0.15, 0.2) is 36.5 Å². The normalized spacial score (nSPS) is 10.5. The quantitative estimate of drug-likeness (QED) is 0.670. The zero-order valence-electron chi connectivity index (χ0n) is 13.4. The lowest BCUT2D eigenvalue weighted by atomic mass is 10.3. The number of ether oxygens (including phenoxy) is 2. The molecule has 0 saturated heterocycles. The summed E-state index contributed by atoms with van der Waals surface area (Å²) in [5.41, 5.74) is 1.25. The summed E-state index contributed by atoms with van der Waals surface area (Å²) >= 11 is 0. The van der Waals surface area contributed by atoms with E-state index in [0.717, 1.165) is 18.0 Å². The number of nitrogens with zero attached hydrogens (tertiary/aromatic N) is 2. The Morgan fingerprint density at radius 3 is 2.61 bits per heavy atom. The van der Waals surface area contributed by atoms with Gasteiger partial charge < -0.3 is 20.1 Å². The maximum Gasteiger partial charge on any atom is 0.271 e. The van der Waals surface area contributed by atoms with Crippen molar-refractivity contribution in [3.8, 4) is 11.4 Å². The highest BCUT2D eigenvalue weighted by atomic mass is 16.5. The molecule has 0 aliphatic heterocycles. The van der Waals surface area contributed by atoms with Crippen molar-refractivity contribution in [1.29, 1.82) is 0 Å². The summed E-state index contributed by atoms with van der Waals surface area (Å²) in [7, 11) is 3.28. The number of carbonyl (C=O) groups is 1. The summed E-state index contributed by atoms with van der Waals surface area (Å²) in [4.78, 5) is 12.0. The average molecular weight is 318 g/mol. The van der Waals surface area contributed by atoms with Crippen LogP contribution in [0.4, 0.5) is 0 Å². The van der Waals surface area contributed by atoms with E-state index in [2.05, 4.69) is 15.7 Å². The van der Waals surface area contributed by atoms with Crippen molar-refractivity contribution in [2.75, 3.05) is 40.5 Å². The Bertz CT molecular complexity index is 610. The van der Waals surface area contributed by atoms with Crippen molar-refractivity contribution >= 4 is 5.91 Å². The fourth-order valence-electron chi connectivity index (χ4n) is 1.98. The van der Waals surface area contributed by atoms with E-state index < -0.39 is 0 Å². The van der Waals surface area contributed by atoms with E-state index in [1.807, 2.05) is 24.3 Å². The van der Waals surface area contributed by atoms with Crippen molar-refractivity contribution in [2.45, 2.75) is 0 Å². The molecule has 2 N–H and O–H groups in total. The first-order chi connectivity index (χ1) is 11.2. The molecule has 1 heterocycles. The number of methoxy groups -OCH3 is 2. The van der Waals surface area contributed by atoms with Crippen LogP contribution in [-0.2, 0) is 4.74 Å². The first-order valence-corrected chi connectivity index (χ1v) is 7.42. The van der Waals surface area contributed by atoms with Crippen LogP contribution >= 0.6 is 0 Å². The minimum absolute atomic E-state index is 0.189. The molecule has 0 fully saturated rings. The van der Waals surface area contributed by atoms with Crippen LogP contribution in [0.25, 0.3) is 5.69 Å². The fourth-order valence-corrected chi connectivity index (χ4v) is 1.98. The third-order valence-corrected chi connectivity index (χ3v) is 3.23. The maximum absolute atomic E-state index is 12.0. The lowest BCUT2D eigenvalue weighted by molar-refractivity contribution is 0.0948. The molecule has 0 unspecified atom stereocenters. The van der Waals surface area contributed by atoms with Gasteiger partial charge in [-0.15, -0.1) is 0 Å². The molecule has 0 saturated carbocycles. The van der Waals surface area contributed by atoms with Crippen LogP contribution in [0, 0.1) is 0 Å². The zero-order chi connectivity index (χ0) is 16.5. The lowest BCUT2D eigenvalue weighted by Crippen LogP contribution is -2.33. The van der Waals surface area contributed by atoms with Crippen LogP contribution in [0.1, 0.15) is 10.5 Å². The summed E-state index contributed by atoms with van der Waals surface area (Å²) in [5.74, 6) is 0.589. The number of benzene rings is 1. The van der Waals surface area contributed by atoms with Gasteiger partial charge in [0.2, 0.25) is 0 Å². The Labute approximate surface area is 135 Å². The van der Waals surface area contributed by atoms with Gasteiger partial charge in [-0.2, -0.15) is 5.10 Å². The van der Waals surface area contributed by atoms with E-state index in [1.54, 1.807) is 31.2 Å². The molecule has 0 aliphatic carbocycles. The molecule has 7 heteroatoms. The number of carbonyl (C=O) groups excluding carboxylic acids is 1. The molecule has 2 rings (SSSR count). The van der Waals surface area contributed by atoms with Gasteiger partial charge in [-0.05, 0) is 30.3 Å². The third kappa shape index (κ3) is 5.08. The Morgan fingerprint density at radius 2 is 1.91 bits per heavy atom. The number of nitrogens with one attached hydrogen (secondary N) is 2. The van der Waals surface area contributed by atoms with Crippen molar-refractivity contribution < 1.29 is 14.3 Å². The Hall–Kier alpha value is -2.38. The van der Waals surface area contributed by atoms with E-state index in [1.165, 1.54) is 0 Å². The molecule has 1 aromatic carbocycles. The van der Waals surface area contributed by atoms with Crippen molar-refractivity contribution in [3.63, 3.8) is 0 Å². The van der Waals surface area contributed by atoms with Crippen molar-refractivity contribution in [1.82, 2.24) is 20.4 Å². The van der Waals surface area contributed by atoms with Crippen LogP contribution in [0.3, 0.4) is 0 Å². The maximum atomic E-state index is 12.0. The topological polar surface area (TPSA) is 77.4 Å². The minimum atomic E-state index is -0.189. The van der Waals surface area contributed by atoms with Gasteiger partial charge >= 0.3 is 0 Å². The predicted molar refractivity (Wildman–Crippen MR) is 87.2 cm³/mol. The number of hydrogen-bond acceptors (Lipinski definition) is 5. The first-order valence-electron chi connectivity index (χ1n) is 7.42. The molecule has 1 aromatic heterocycles. The molecule has 0 aliphatic rings. The predicted octanol–water partition coefficient (Wildman–Crippen LogP) is 0.847. The van der Waals surface area contributed by atoms with Crippen molar-refractivity contribution in [3.05, 3.63) is 42.2 Å². The lowest BCUT2D eigenvalue weighted by Gasteiger charge is -2.05. The highest BCUT2D eigenvalue weighted by Crippen LogP contribution is 2.14. The molecular formula is C16H22N4O3. The van der Waals surface area contributed by atoms with E-state index in [0.29, 0.717) is 25.4 Å². The van der Waals surface area contributed by atoms with E-state index in [4.69, 9.17) is 9.47 Å². The molecular weight excluding hydrogens is 296 g/mol. The second-order valence-corrected chi connectivity index (χ2v) is 4.84. The third-order valence-electron chi connectivity index (χ3n) is 3.23. The highest BCUT2D eigenvalue weighted by molar-refractivity contribution is 5.92. The summed E-state index contributed by atoms with van der Waals surface area (Å²) < 4.78 is 11.7. The standard InChI is InChI=1S/C16H22N4O3/c1-22-12-10-17-8-9-18-16(21)15-7-11-20(19-15)13-3-5-14(23-2)6-4-13/h3-7,11,17H,8-10,12H2,1-2H3,(H,18,21). The molecule has 2 aromatic rings. The molecule has 7 nitrogen and oxygen atoms in total. The Balaban J connectivity index is 1.84. The molecule has 124 valence electrons. The fraction of sp³-hybridized carbons (Fsp3) is 0.375. The summed E-state index contributed by atoms with van der Waals surface area (Å²) in [6, 6.07) is 9.16. The molecule has 23 heavy (non-hydrogen) atoms. The monoisotopic (exact) mass is 318 g/mol.